The number of aromatic nitrogens is 2. The average Bonchev–Trinajstić information content (AvgIpc) is 3.19. The zero-order valence-electron chi connectivity index (χ0n) is 23.0. The molecule has 2 aromatic heterocycles. The van der Waals surface area contributed by atoms with Crippen LogP contribution in [-0.2, 0) is 17.4 Å². The van der Waals surface area contributed by atoms with Crippen LogP contribution in [0.2, 0.25) is 0 Å². The molecule has 0 atom stereocenters. The van der Waals surface area contributed by atoms with Crippen LogP contribution in [0.3, 0.4) is 0 Å². The minimum Gasteiger partial charge on any atom is -0.507 e. The van der Waals surface area contributed by atoms with Gasteiger partial charge < -0.3 is 10.2 Å². The molecule has 0 saturated carbocycles. The van der Waals surface area contributed by atoms with Gasteiger partial charge in [-0.25, -0.2) is 8.91 Å². The number of halogens is 1. The average molecular weight is 521 g/mol. The number of hydrogen-bond acceptors (Lipinski definition) is 4. The van der Waals surface area contributed by atoms with E-state index < -0.39 is 0 Å². The molecule has 37 heavy (non-hydrogen) atoms. The van der Waals surface area contributed by atoms with E-state index in [0.29, 0.717) is 11.4 Å². The largest absolute Gasteiger partial charge is 0.507 e. The minimum atomic E-state index is -0.312. The molecule has 0 saturated heterocycles. The van der Waals surface area contributed by atoms with Gasteiger partial charge in [0.15, 0.2) is 0 Å². The highest BCUT2D eigenvalue weighted by atomic mass is 32.2. The van der Waals surface area contributed by atoms with Crippen LogP contribution in [0.4, 0.5) is 4.39 Å². The number of phenols is 1. The Morgan fingerprint density at radius 1 is 0.919 bits per heavy atom. The van der Waals surface area contributed by atoms with Crippen LogP contribution >= 0.6 is 11.8 Å². The summed E-state index contributed by atoms with van der Waals surface area (Å²) in [5, 5.41) is 27.4. The Kier molecular flexibility index (Phi) is 7.21. The molecular formula is C31H37FN2O2S. The maximum Gasteiger partial charge on any atom is 0.123 e. The summed E-state index contributed by atoms with van der Waals surface area (Å²) < 4.78 is 15.6. The number of aliphatic hydroxyl groups is 1. The number of benzene rings is 2. The van der Waals surface area contributed by atoms with Crippen LogP contribution in [0.1, 0.15) is 83.6 Å². The van der Waals surface area contributed by atoms with E-state index in [-0.39, 0.29) is 29.2 Å². The Morgan fingerprint density at radius 3 is 1.97 bits per heavy atom. The van der Waals surface area contributed by atoms with Crippen molar-refractivity contribution in [2.75, 3.05) is 0 Å². The van der Waals surface area contributed by atoms with Gasteiger partial charge in [-0.05, 0) is 70.8 Å². The third kappa shape index (κ3) is 5.27. The third-order valence-corrected chi connectivity index (χ3v) is 7.67. The van der Waals surface area contributed by atoms with E-state index in [0.717, 1.165) is 43.3 Å². The molecule has 0 amide bonds. The fourth-order valence-electron chi connectivity index (χ4n) is 4.81. The number of fused-ring (bicyclic) bond motifs is 1. The summed E-state index contributed by atoms with van der Waals surface area (Å²) in [5.74, 6) is 0.192. The topological polar surface area (TPSA) is 57.8 Å². The first-order valence-corrected chi connectivity index (χ1v) is 13.5. The first kappa shape index (κ1) is 27.2. The van der Waals surface area contributed by atoms with Crippen molar-refractivity contribution in [3.05, 3.63) is 76.6 Å². The van der Waals surface area contributed by atoms with E-state index in [4.69, 9.17) is 5.10 Å². The highest BCUT2D eigenvalue weighted by molar-refractivity contribution is 7.99. The molecule has 4 aromatic rings. The van der Waals surface area contributed by atoms with Gasteiger partial charge in [0.05, 0.1) is 17.8 Å². The number of rotatable bonds is 5. The molecule has 0 radical (unpaired) electrons. The number of hydrogen-bond donors (Lipinski definition) is 2. The predicted octanol–water partition coefficient (Wildman–Crippen LogP) is 8.21. The lowest BCUT2D eigenvalue weighted by molar-refractivity contribution is 0.280. The summed E-state index contributed by atoms with van der Waals surface area (Å²) in [6, 6.07) is 14.5. The first-order chi connectivity index (χ1) is 17.2. The molecule has 2 aromatic carbocycles. The fraction of sp³-hybridized carbons (Fsp3) is 0.387. The highest BCUT2D eigenvalue weighted by Gasteiger charge is 2.27. The second-order valence-corrected chi connectivity index (χ2v) is 13.1. The van der Waals surface area contributed by atoms with Gasteiger partial charge in [0.2, 0.25) is 0 Å². The summed E-state index contributed by atoms with van der Waals surface area (Å²) >= 11 is 1.60. The van der Waals surface area contributed by atoms with Gasteiger partial charge in [-0.2, -0.15) is 5.10 Å². The fourth-order valence-corrected chi connectivity index (χ4v) is 5.77. The van der Waals surface area contributed by atoms with Crippen molar-refractivity contribution in [2.45, 2.75) is 88.7 Å². The van der Waals surface area contributed by atoms with Gasteiger partial charge in [-0.15, -0.1) is 0 Å². The van der Waals surface area contributed by atoms with E-state index in [9.17, 15) is 14.6 Å². The van der Waals surface area contributed by atoms with Crippen LogP contribution in [-0.4, -0.2) is 19.8 Å². The number of phenolic OH excluding ortho intramolecular Hbond substituents is 1. The maximum absolute atomic E-state index is 13.7. The Balaban J connectivity index is 1.94. The molecule has 2 N–H and O–H groups in total. The molecule has 4 rings (SSSR count). The monoisotopic (exact) mass is 520 g/mol. The van der Waals surface area contributed by atoms with Crippen LogP contribution in [0.15, 0.2) is 58.5 Å². The normalized spacial score (nSPS) is 12.6. The second kappa shape index (κ2) is 9.80. The van der Waals surface area contributed by atoms with Crippen molar-refractivity contribution in [2.24, 2.45) is 0 Å². The molecule has 196 valence electrons. The molecule has 4 nitrogen and oxygen atoms in total. The van der Waals surface area contributed by atoms with Crippen LogP contribution in [0.25, 0.3) is 16.8 Å². The van der Waals surface area contributed by atoms with Gasteiger partial charge in [0, 0.05) is 27.1 Å². The van der Waals surface area contributed by atoms with E-state index in [1.807, 2.05) is 10.6 Å². The molecule has 0 aliphatic heterocycles. The van der Waals surface area contributed by atoms with Crippen LogP contribution < -0.4 is 0 Å². The summed E-state index contributed by atoms with van der Waals surface area (Å²) in [6.07, 6.45) is 0. The highest BCUT2D eigenvalue weighted by Crippen LogP contribution is 2.44. The van der Waals surface area contributed by atoms with Gasteiger partial charge in [-0.1, -0.05) is 67.2 Å². The lowest BCUT2D eigenvalue weighted by atomic mass is 9.79. The molecule has 2 heterocycles. The number of aliphatic hydroxyl groups excluding tert-OH is 1. The van der Waals surface area contributed by atoms with E-state index in [2.05, 4.69) is 73.6 Å². The molecule has 0 unspecified atom stereocenters. The predicted molar refractivity (Wildman–Crippen MR) is 150 cm³/mol. The number of aromatic hydroxyl groups is 1. The SMILES string of the molecule is CC(C)c1c(CO)c(-c2ccc(F)cc2)nn2c(Sc3cc(C(C)(C)C)c(O)c(C(C)(C)C)c3)ccc12. The van der Waals surface area contributed by atoms with Crippen molar-refractivity contribution in [1.29, 1.82) is 0 Å². The van der Waals surface area contributed by atoms with Gasteiger partial charge >= 0.3 is 0 Å². The molecule has 0 spiro atoms. The van der Waals surface area contributed by atoms with Crippen molar-refractivity contribution < 1.29 is 14.6 Å². The Labute approximate surface area is 223 Å². The molecule has 0 aliphatic carbocycles. The summed E-state index contributed by atoms with van der Waals surface area (Å²) in [6.45, 7) is 16.7. The van der Waals surface area contributed by atoms with Crippen molar-refractivity contribution in [3.63, 3.8) is 0 Å². The van der Waals surface area contributed by atoms with Crippen molar-refractivity contribution in [3.8, 4) is 17.0 Å². The molecule has 0 aliphatic rings. The third-order valence-electron chi connectivity index (χ3n) is 6.68. The summed E-state index contributed by atoms with van der Waals surface area (Å²) in [7, 11) is 0. The molecule has 6 heteroatoms. The van der Waals surface area contributed by atoms with E-state index in [1.165, 1.54) is 12.1 Å². The minimum absolute atomic E-state index is 0.147. The quantitative estimate of drug-likeness (QED) is 0.278. The maximum atomic E-state index is 13.7. The smallest absolute Gasteiger partial charge is 0.123 e. The lowest BCUT2D eigenvalue weighted by Gasteiger charge is -2.28. The Bertz CT molecular complexity index is 1410. The summed E-state index contributed by atoms with van der Waals surface area (Å²) in [5.41, 5.74) is 5.51. The van der Waals surface area contributed by atoms with Gasteiger partial charge in [0.25, 0.3) is 0 Å². The molecule has 0 fully saturated rings. The molecule has 0 bridgehead atoms. The Hall–Kier alpha value is -2.83. The zero-order chi connectivity index (χ0) is 27.3. The lowest BCUT2D eigenvalue weighted by Crippen LogP contribution is -2.17. The zero-order valence-corrected chi connectivity index (χ0v) is 23.8. The summed E-state index contributed by atoms with van der Waals surface area (Å²) in [4.78, 5) is 1.02. The second-order valence-electron chi connectivity index (χ2n) is 12.0. The number of nitrogens with zero attached hydrogens (tertiary/aromatic N) is 2. The van der Waals surface area contributed by atoms with Crippen molar-refractivity contribution >= 4 is 17.3 Å². The Morgan fingerprint density at radius 2 is 1.49 bits per heavy atom. The first-order valence-electron chi connectivity index (χ1n) is 12.7. The van der Waals surface area contributed by atoms with Gasteiger partial charge in [0.1, 0.15) is 16.6 Å². The van der Waals surface area contributed by atoms with Gasteiger partial charge in [-0.3, -0.25) is 0 Å². The standard InChI is InChI=1S/C31H37FN2O2S/c1-18(2)27-22(17-35)28(19-9-11-20(32)12-10-19)33-34-25(27)13-14-26(34)37-21-15-23(30(3,4)5)29(36)24(16-21)31(6,7)8/h9-16,18,35-36H,17H2,1-8H3. The van der Waals surface area contributed by atoms with E-state index in [1.54, 1.807) is 23.9 Å². The van der Waals surface area contributed by atoms with Crippen molar-refractivity contribution in [1.82, 2.24) is 9.61 Å². The van der Waals surface area contributed by atoms with E-state index >= 15 is 0 Å². The van der Waals surface area contributed by atoms with Crippen LogP contribution in [0, 0.1) is 5.82 Å². The van der Waals surface area contributed by atoms with Crippen LogP contribution in [0.5, 0.6) is 5.75 Å². The molecular weight excluding hydrogens is 483 g/mol.